The molecular formula is C22H28FN3O. The molecule has 3 rings (SSSR count). The van der Waals surface area contributed by atoms with Gasteiger partial charge < -0.3 is 15.4 Å². The molecule has 0 bridgehead atoms. The summed E-state index contributed by atoms with van der Waals surface area (Å²) in [6, 6.07) is 15.1. The second-order valence-corrected chi connectivity index (χ2v) is 7.04. The quantitative estimate of drug-likeness (QED) is 0.550. The van der Waals surface area contributed by atoms with E-state index in [1.54, 1.807) is 19.2 Å². The number of benzene rings is 2. The number of aliphatic imine (C=N–C) groups is 1. The monoisotopic (exact) mass is 369 g/mol. The van der Waals surface area contributed by atoms with Gasteiger partial charge in [-0.25, -0.2) is 9.38 Å². The molecule has 0 aromatic heterocycles. The van der Waals surface area contributed by atoms with Crippen LogP contribution in [0.25, 0.3) is 0 Å². The van der Waals surface area contributed by atoms with E-state index in [9.17, 15) is 4.39 Å². The van der Waals surface area contributed by atoms with Crippen LogP contribution in [0.4, 0.5) is 4.39 Å². The highest BCUT2D eigenvalue weighted by Gasteiger charge is 2.44. The summed E-state index contributed by atoms with van der Waals surface area (Å²) >= 11 is 0. The number of halogens is 1. The first-order valence-corrected chi connectivity index (χ1v) is 9.51. The molecule has 1 aliphatic rings. The minimum absolute atomic E-state index is 0.0201. The Hall–Kier alpha value is -2.40. The maximum absolute atomic E-state index is 13.6. The van der Waals surface area contributed by atoms with E-state index in [1.165, 1.54) is 6.07 Å². The van der Waals surface area contributed by atoms with Crippen LogP contribution in [0, 0.1) is 5.82 Å². The number of methoxy groups -OCH3 is 1. The molecule has 1 aliphatic carbocycles. The highest BCUT2D eigenvalue weighted by molar-refractivity contribution is 5.80. The van der Waals surface area contributed by atoms with Crippen LogP contribution in [0.2, 0.25) is 0 Å². The normalized spacial score (nSPS) is 15.4. The van der Waals surface area contributed by atoms with E-state index in [1.807, 2.05) is 18.2 Å². The summed E-state index contributed by atoms with van der Waals surface area (Å²) in [5.41, 5.74) is 3.39. The van der Waals surface area contributed by atoms with Gasteiger partial charge in [0.2, 0.25) is 0 Å². The lowest BCUT2D eigenvalue weighted by atomic mass is 9.96. The highest BCUT2D eigenvalue weighted by atomic mass is 19.1. The van der Waals surface area contributed by atoms with Crippen LogP contribution >= 0.6 is 0 Å². The molecule has 0 radical (unpaired) electrons. The molecule has 0 aliphatic heterocycles. The zero-order valence-electron chi connectivity index (χ0n) is 16.1. The van der Waals surface area contributed by atoms with Crippen LogP contribution in [0.15, 0.2) is 53.5 Å². The summed E-state index contributed by atoms with van der Waals surface area (Å²) in [6.45, 7) is 4.76. The molecule has 0 atom stereocenters. The van der Waals surface area contributed by atoms with E-state index in [0.29, 0.717) is 13.2 Å². The Bertz CT molecular complexity index is 787. The van der Waals surface area contributed by atoms with Crippen molar-refractivity contribution in [3.05, 3.63) is 71.0 Å². The van der Waals surface area contributed by atoms with Crippen molar-refractivity contribution in [2.75, 3.05) is 20.2 Å². The number of ether oxygens (including phenoxy) is 1. The van der Waals surface area contributed by atoms with Gasteiger partial charge in [0.25, 0.3) is 0 Å². The van der Waals surface area contributed by atoms with E-state index in [-0.39, 0.29) is 11.2 Å². The zero-order valence-corrected chi connectivity index (χ0v) is 16.1. The van der Waals surface area contributed by atoms with Gasteiger partial charge in [-0.05, 0) is 48.6 Å². The number of guanidine groups is 1. The number of hydrogen-bond donors (Lipinski definition) is 2. The molecule has 27 heavy (non-hydrogen) atoms. The number of rotatable bonds is 8. The van der Waals surface area contributed by atoms with Gasteiger partial charge in [-0.3, -0.25) is 0 Å². The number of nitrogens with one attached hydrogen (secondary N) is 2. The summed E-state index contributed by atoms with van der Waals surface area (Å²) in [4.78, 5) is 4.73. The van der Waals surface area contributed by atoms with Gasteiger partial charge in [-0.1, -0.05) is 36.4 Å². The van der Waals surface area contributed by atoms with Gasteiger partial charge >= 0.3 is 0 Å². The van der Waals surface area contributed by atoms with Gasteiger partial charge in [0, 0.05) is 25.6 Å². The van der Waals surface area contributed by atoms with Crippen molar-refractivity contribution in [3.63, 3.8) is 0 Å². The Morgan fingerprint density at radius 1 is 1.11 bits per heavy atom. The first-order valence-electron chi connectivity index (χ1n) is 9.51. The minimum atomic E-state index is -0.172. The molecule has 0 spiro atoms. The smallest absolute Gasteiger partial charge is 0.191 e. The molecule has 0 saturated heterocycles. The Morgan fingerprint density at radius 3 is 2.56 bits per heavy atom. The lowest BCUT2D eigenvalue weighted by molar-refractivity contribution is 0.184. The van der Waals surface area contributed by atoms with Crippen LogP contribution in [0.3, 0.4) is 0 Å². The van der Waals surface area contributed by atoms with E-state index >= 15 is 0 Å². The van der Waals surface area contributed by atoms with Crippen molar-refractivity contribution in [1.29, 1.82) is 0 Å². The van der Waals surface area contributed by atoms with E-state index in [4.69, 9.17) is 9.73 Å². The topological polar surface area (TPSA) is 45.7 Å². The SMILES string of the molecule is CCNC(=NCc1ccccc1COC)NCC1(c2cccc(F)c2)CC1. The van der Waals surface area contributed by atoms with Gasteiger partial charge in [0.1, 0.15) is 5.82 Å². The van der Waals surface area contributed by atoms with Crippen molar-refractivity contribution in [1.82, 2.24) is 10.6 Å². The molecule has 2 aromatic carbocycles. The summed E-state index contributed by atoms with van der Waals surface area (Å²) in [5, 5.41) is 6.75. The third kappa shape index (κ3) is 5.07. The van der Waals surface area contributed by atoms with Crippen molar-refractivity contribution in [3.8, 4) is 0 Å². The zero-order chi connectivity index (χ0) is 19.1. The second kappa shape index (κ2) is 9.00. The van der Waals surface area contributed by atoms with Gasteiger partial charge in [-0.2, -0.15) is 0 Å². The molecule has 2 aromatic rings. The summed E-state index contributed by atoms with van der Waals surface area (Å²) in [5.74, 6) is 0.612. The molecule has 0 unspecified atom stereocenters. The Morgan fingerprint density at radius 2 is 1.89 bits per heavy atom. The van der Waals surface area contributed by atoms with Gasteiger partial charge in [-0.15, -0.1) is 0 Å². The van der Waals surface area contributed by atoms with E-state index in [2.05, 4.69) is 29.7 Å². The average molecular weight is 369 g/mol. The molecule has 1 saturated carbocycles. The van der Waals surface area contributed by atoms with Crippen molar-refractivity contribution in [2.24, 2.45) is 4.99 Å². The molecule has 0 heterocycles. The first-order chi connectivity index (χ1) is 13.2. The van der Waals surface area contributed by atoms with Crippen molar-refractivity contribution >= 4 is 5.96 Å². The lowest BCUT2D eigenvalue weighted by Gasteiger charge is -2.19. The Balaban J connectivity index is 1.67. The standard InChI is InChI=1S/C22H28FN3O/c1-3-24-21(25-14-17-7-4-5-8-18(17)15-27-2)26-16-22(11-12-22)19-9-6-10-20(23)13-19/h4-10,13H,3,11-12,14-16H2,1-2H3,(H2,24,25,26). The number of nitrogens with zero attached hydrogens (tertiary/aromatic N) is 1. The fraction of sp³-hybridized carbons (Fsp3) is 0.409. The predicted octanol–water partition coefficient (Wildman–Crippen LogP) is 3.76. The Labute approximate surface area is 160 Å². The van der Waals surface area contributed by atoms with Crippen molar-refractivity contribution < 1.29 is 9.13 Å². The predicted molar refractivity (Wildman–Crippen MR) is 107 cm³/mol. The molecule has 4 nitrogen and oxygen atoms in total. The molecule has 144 valence electrons. The fourth-order valence-corrected chi connectivity index (χ4v) is 3.30. The van der Waals surface area contributed by atoms with Crippen molar-refractivity contribution in [2.45, 2.75) is 38.3 Å². The summed E-state index contributed by atoms with van der Waals surface area (Å²) in [7, 11) is 1.70. The van der Waals surface area contributed by atoms with E-state index in [0.717, 1.165) is 48.6 Å². The fourth-order valence-electron chi connectivity index (χ4n) is 3.30. The van der Waals surface area contributed by atoms with Crippen LogP contribution in [0.5, 0.6) is 0 Å². The highest BCUT2D eigenvalue weighted by Crippen LogP contribution is 2.47. The second-order valence-electron chi connectivity index (χ2n) is 7.04. The van der Waals surface area contributed by atoms with Crippen LogP contribution < -0.4 is 10.6 Å². The molecule has 0 amide bonds. The van der Waals surface area contributed by atoms with E-state index < -0.39 is 0 Å². The summed E-state index contributed by atoms with van der Waals surface area (Å²) < 4.78 is 18.9. The van der Waals surface area contributed by atoms with Crippen LogP contribution in [-0.4, -0.2) is 26.2 Å². The van der Waals surface area contributed by atoms with Crippen LogP contribution in [0.1, 0.15) is 36.5 Å². The first kappa shape index (κ1) is 19.4. The third-order valence-electron chi connectivity index (χ3n) is 5.05. The third-order valence-corrected chi connectivity index (χ3v) is 5.05. The maximum Gasteiger partial charge on any atom is 0.191 e. The average Bonchev–Trinajstić information content (AvgIpc) is 3.47. The molecule has 1 fully saturated rings. The molecule has 5 heteroatoms. The summed E-state index contributed by atoms with van der Waals surface area (Å²) in [6.07, 6.45) is 2.14. The molecule has 2 N–H and O–H groups in total. The minimum Gasteiger partial charge on any atom is -0.380 e. The molecular weight excluding hydrogens is 341 g/mol. The lowest BCUT2D eigenvalue weighted by Crippen LogP contribution is -2.41. The van der Waals surface area contributed by atoms with Gasteiger partial charge in [0.15, 0.2) is 5.96 Å². The van der Waals surface area contributed by atoms with Crippen LogP contribution in [-0.2, 0) is 23.3 Å². The maximum atomic E-state index is 13.6. The Kier molecular flexibility index (Phi) is 6.45. The number of hydrogen-bond acceptors (Lipinski definition) is 2. The largest absolute Gasteiger partial charge is 0.380 e. The van der Waals surface area contributed by atoms with Gasteiger partial charge in [0.05, 0.1) is 13.2 Å².